The van der Waals surface area contributed by atoms with Crippen LogP contribution in [0.5, 0.6) is 5.88 Å². The van der Waals surface area contributed by atoms with Gasteiger partial charge in [-0.1, -0.05) is 31.6 Å². The molecular weight excluding hydrogens is 340 g/mol. The fourth-order valence-electron chi connectivity index (χ4n) is 1.83. The zero-order valence-corrected chi connectivity index (χ0v) is 15.5. The second kappa shape index (κ2) is 10.3. The van der Waals surface area contributed by atoms with E-state index in [1.165, 1.54) is 6.42 Å². The molecule has 0 amide bonds. The molecule has 1 aromatic rings. The van der Waals surface area contributed by atoms with Crippen molar-refractivity contribution in [2.75, 3.05) is 6.61 Å². The highest BCUT2D eigenvalue weighted by Crippen LogP contribution is 2.30. The molecule has 0 atom stereocenters. The Balaban J connectivity index is 2.79. The summed E-state index contributed by atoms with van der Waals surface area (Å²) in [6, 6.07) is 1.96. The molecule has 22 heavy (non-hydrogen) atoms. The molecule has 120 valence electrons. The summed E-state index contributed by atoms with van der Waals surface area (Å²) >= 11 is 3.52. The molecule has 0 aliphatic rings. The van der Waals surface area contributed by atoms with Crippen LogP contribution in [0.1, 0.15) is 45.7 Å². The van der Waals surface area contributed by atoms with E-state index >= 15 is 0 Å². The summed E-state index contributed by atoms with van der Waals surface area (Å²) < 4.78 is 6.62. The lowest BCUT2D eigenvalue weighted by atomic mass is 10.2. The first-order valence-electron chi connectivity index (χ1n) is 7.72. The summed E-state index contributed by atoms with van der Waals surface area (Å²) in [7, 11) is 0. The van der Waals surface area contributed by atoms with Crippen molar-refractivity contribution >= 4 is 27.8 Å². The van der Waals surface area contributed by atoms with Gasteiger partial charge in [-0.2, -0.15) is 0 Å². The standard InChI is InChI=1S/C18H25BrN2O/c1-5-8-9-11-20-17-12-16(19)18(21-14(17)4)22-13-15(7-3)10-6-2/h6-7,10-12H,5,8-9,13H2,1-4H3/b10-6-,15-7+,20-11?. The highest BCUT2D eigenvalue weighted by Gasteiger charge is 2.08. The van der Waals surface area contributed by atoms with Crippen molar-refractivity contribution in [1.29, 1.82) is 0 Å². The number of unbranched alkanes of at least 4 members (excludes halogenated alkanes) is 2. The molecule has 0 aromatic carbocycles. The summed E-state index contributed by atoms with van der Waals surface area (Å²) in [6.07, 6.45) is 11.4. The van der Waals surface area contributed by atoms with Crippen LogP contribution in [0.4, 0.5) is 5.69 Å². The summed E-state index contributed by atoms with van der Waals surface area (Å²) in [5.41, 5.74) is 2.88. The van der Waals surface area contributed by atoms with E-state index in [0.717, 1.165) is 34.3 Å². The van der Waals surface area contributed by atoms with Gasteiger partial charge in [-0.25, -0.2) is 4.98 Å². The van der Waals surface area contributed by atoms with Gasteiger partial charge < -0.3 is 4.74 Å². The van der Waals surface area contributed by atoms with Gasteiger partial charge in [0.25, 0.3) is 0 Å². The Morgan fingerprint density at radius 3 is 2.82 bits per heavy atom. The van der Waals surface area contributed by atoms with Gasteiger partial charge in [-0.15, -0.1) is 0 Å². The van der Waals surface area contributed by atoms with Crippen LogP contribution in [0, 0.1) is 6.92 Å². The molecule has 4 heteroatoms. The van der Waals surface area contributed by atoms with Gasteiger partial charge in [0.15, 0.2) is 0 Å². The van der Waals surface area contributed by atoms with Crippen molar-refractivity contribution in [2.45, 2.75) is 47.0 Å². The minimum atomic E-state index is 0.505. The number of aromatic nitrogens is 1. The Bertz CT molecular complexity index is 562. The largest absolute Gasteiger partial charge is 0.472 e. The zero-order chi connectivity index (χ0) is 16.4. The second-order valence-corrected chi connectivity index (χ2v) is 5.84. The van der Waals surface area contributed by atoms with Crippen LogP contribution in [0.15, 0.2) is 39.3 Å². The molecule has 0 unspecified atom stereocenters. The third kappa shape index (κ3) is 6.14. The summed E-state index contributed by atoms with van der Waals surface area (Å²) in [5, 5.41) is 0. The van der Waals surface area contributed by atoms with Gasteiger partial charge in [0.05, 0.1) is 15.9 Å². The number of hydrogen-bond donors (Lipinski definition) is 0. The molecule has 1 aromatic heterocycles. The maximum atomic E-state index is 5.79. The number of halogens is 1. The first kappa shape index (κ1) is 18.6. The number of rotatable bonds is 8. The summed E-state index contributed by atoms with van der Waals surface area (Å²) in [5.74, 6) is 0.605. The van der Waals surface area contributed by atoms with Gasteiger partial charge in [0.1, 0.15) is 6.61 Å². The minimum Gasteiger partial charge on any atom is -0.472 e. The van der Waals surface area contributed by atoms with Crippen molar-refractivity contribution in [3.05, 3.63) is 40.0 Å². The molecule has 0 aliphatic carbocycles. The van der Waals surface area contributed by atoms with E-state index in [1.54, 1.807) is 0 Å². The average Bonchev–Trinajstić information content (AvgIpc) is 2.51. The molecule has 0 aliphatic heterocycles. The molecule has 1 heterocycles. The van der Waals surface area contributed by atoms with E-state index in [-0.39, 0.29) is 0 Å². The first-order valence-corrected chi connectivity index (χ1v) is 8.52. The molecule has 0 saturated carbocycles. The van der Waals surface area contributed by atoms with Crippen LogP contribution < -0.4 is 4.74 Å². The van der Waals surface area contributed by atoms with Gasteiger partial charge in [0.2, 0.25) is 5.88 Å². The van der Waals surface area contributed by atoms with Gasteiger partial charge in [0, 0.05) is 6.21 Å². The lowest BCUT2D eigenvalue weighted by molar-refractivity contribution is 0.338. The van der Waals surface area contributed by atoms with Crippen molar-refractivity contribution in [2.24, 2.45) is 4.99 Å². The molecule has 0 spiro atoms. The van der Waals surface area contributed by atoms with E-state index in [4.69, 9.17) is 4.74 Å². The minimum absolute atomic E-state index is 0.505. The fourth-order valence-corrected chi connectivity index (χ4v) is 2.25. The Labute approximate surface area is 142 Å². The molecular formula is C18H25BrN2O. The van der Waals surface area contributed by atoms with Crippen LogP contribution in [-0.4, -0.2) is 17.8 Å². The number of hydrogen-bond acceptors (Lipinski definition) is 3. The lowest BCUT2D eigenvalue weighted by Gasteiger charge is -2.10. The molecule has 0 N–H and O–H groups in total. The topological polar surface area (TPSA) is 34.5 Å². The van der Waals surface area contributed by atoms with Gasteiger partial charge >= 0.3 is 0 Å². The van der Waals surface area contributed by atoms with Crippen LogP contribution in [0.3, 0.4) is 0 Å². The fraction of sp³-hybridized carbons (Fsp3) is 0.444. The average molecular weight is 365 g/mol. The van der Waals surface area contributed by atoms with Crippen LogP contribution in [-0.2, 0) is 0 Å². The van der Waals surface area contributed by atoms with Crippen LogP contribution in [0.2, 0.25) is 0 Å². The number of aliphatic imine (C=N–C) groups is 1. The maximum absolute atomic E-state index is 5.79. The third-order valence-electron chi connectivity index (χ3n) is 3.15. The molecule has 1 rings (SSSR count). The number of nitrogens with zero attached hydrogens (tertiary/aromatic N) is 2. The molecule has 0 saturated heterocycles. The summed E-state index contributed by atoms with van der Waals surface area (Å²) in [4.78, 5) is 8.99. The van der Waals surface area contributed by atoms with E-state index in [9.17, 15) is 0 Å². The zero-order valence-electron chi connectivity index (χ0n) is 13.9. The molecule has 0 bridgehead atoms. The van der Waals surface area contributed by atoms with Crippen molar-refractivity contribution < 1.29 is 4.74 Å². The SMILES string of the molecule is C/C=C\C(=C/C)COc1nc(C)c(N=CCCCC)cc1Br. The molecule has 0 fully saturated rings. The van der Waals surface area contributed by atoms with E-state index in [0.29, 0.717) is 12.5 Å². The van der Waals surface area contributed by atoms with Gasteiger partial charge in [-0.05, 0) is 61.2 Å². The molecule has 0 radical (unpaired) electrons. The number of ether oxygens (including phenoxy) is 1. The predicted molar refractivity (Wildman–Crippen MR) is 98.4 cm³/mol. The van der Waals surface area contributed by atoms with Crippen molar-refractivity contribution in [3.8, 4) is 5.88 Å². The van der Waals surface area contributed by atoms with E-state index in [2.05, 4.69) is 32.8 Å². The maximum Gasteiger partial charge on any atom is 0.228 e. The Morgan fingerprint density at radius 1 is 1.41 bits per heavy atom. The Morgan fingerprint density at radius 2 is 2.18 bits per heavy atom. The highest BCUT2D eigenvalue weighted by molar-refractivity contribution is 9.10. The number of allylic oxidation sites excluding steroid dienone is 2. The van der Waals surface area contributed by atoms with Crippen LogP contribution >= 0.6 is 15.9 Å². The third-order valence-corrected chi connectivity index (χ3v) is 3.72. The smallest absolute Gasteiger partial charge is 0.228 e. The Hall–Kier alpha value is -1.42. The summed E-state index contributed by atoms with van der Waals surface area (Å²) in [6.45, 7) is 8.63. The Kier molecular flexibility index (Phi) is 8.75. The quantitative estimate of drug-likeness (QED) is 0.324. The highest BCUT2D eigenvalue weighted by atomic mass is 79.9. The van der Waals surface area contributed by atoms with Gasteiger partial charge in [-0.3, -0.25) is 4.99 Å². The number of pyridine rings is 1. The monoisotopic (exact) mass is 364 g/mol. The predicted octanol–water partition coefficient (Wildman–Crippen LogP) is 5.95. The lowest BCUT2D eigenvalue weighted by Crippen LogP contribution is -2.02. The molecule has 3 nitrogen and oxygen atoms in total. The van der Waals surface area contributed by atoms with E-state index in [1.807, 2.05) is 51.3 Å². The normalized spacial score (nSPS) is 12.5. The van der Waals surface area contributed by atoms with Crippen LogP contribution in [0.25, 0.3) is 0 Å². The van der Waals surface area contributed by atoms with E-state index < -0.39 is 0 Å². The number of aryl methyl sites for hydroxylation is 1. The second-order valence-electron chi connectivity index (χ2n) is 4.99. The first-order chi connectivity index (χ1) is 10.6. The van der Waals surface area contributed by atoms with Crippen molar-refractivity contribution in [3.63, 3.8) is 0 Å². The van der Waals surface area contributed by atoms with Crippen molar-refractivity contribution in [1.82, 2.24) is 4.98 Å².